The largest absolute Gasteiger partial charge is 0.462 e. The summed E-state index contributed by atoms with van der Waals surface area (Å²) < 4.78 is 8.98. The molecule has 1 saturated heterocycles. The third-order valence-electron chi connectivity index (χ3n) is 0.898. The average molecular weight is 169 g/mol. The van der Waals surface area contributed by atoms with Crippen LogP contribution in [0.15, 0.2) is 0 Å². The number of carbonyl (C=O) groups is 2. The van der Waals surface area contributed by atoms with Crippen molar-refractivity contribution in [2.24, 2.45) is 0 Å². The van der Waals surface area contributed by atoms with Gasteiger partial charge in [0.15, 0.2) is 0 Å². The Bertz CT molecular complexity index is 129. The summed E-state index contributed by atoms with van der Waals surface area (Å²) in [7, 11) is 0. The van der Waals surface area contributed by atoms with Crippen molar-refractivity contribution in [3.63, 3.8) is 0 Å². The number of rotatable bonds is 0. The zero-order chi connectivity index (χ0) is 6.69. The second kappa shape index (κ2) is 5.26. The van der Waals surface area contributed by atoms with Crippen molar-refractivity contribution in [3.05, 3.63) is 0 Å². The van der Waals surface area contributed by atoms with Crippen LogP contribution >= 0.6 is 0 Å². The van der Waals surface area contributed by atoms with Gasteiger partial charge < -0.3 is 9.47 Å². The van der Waals surface area contributed by atoms with Gasteiger partial charge in [0.2, 0.25) is 0 Å². The van der Waals surface area contributed by atoms with E-state index >= 15 is 0 Å². The van der Waals surface area contributed by atoms with Crippen molar-refractivity contribution in [2.45, 2.75) is 6.42 Å². The predicted molar refractivity (Wildman–Crippen MR) is 32.3 cm³/mol. The zero-order valence-corrected chi connectivity index (χ0v) is 8.88. The maximum absolute atomic E-state index is 10.4. The smallest absolute Gasteiger partial charge is 0.317 e. The van der Waals surface area contributed by atoms with Gasteiger partial charge in [0.25, 0.3) is 0 Å². The van der Waals surface area contributed by atoms with E-state index in [0.717, 1.165) is 0 Å². The second-order valence-electron chi connectivity index (χ2n) is 1.62. The summed E-state index contributed by atoms with van der Waals surface area (Å²) in [4.78, 5) is 20.7. The molecule has 1 heterocycles. The van der Waals surface area contributed by atoms with Crippen LogP contribution < -0.4 is 0 Å². The van der Waals surface area contributed by atoms with Crippen LogP contribution in [0.2, 0.25) is 0 Å². The van der Waals surface area contributed by atoms with E-state index in [1.54, 1.807) is 0 Å². The Morgan fingerprint density at radius 1 is 1.00 bits per heavy atom. The number of hydrogen-bond donors (Lipinski definition) is 0. The Morgan fingerprint density at radius 3 is 1.80 bits per heavy atom. The number of cyclic esters (lactones) is 2. The number of carbonyl (C=O) groups excluding carboxylic acids is 2. The van der Waals surface area contributed by atoms with E-state index in [1.165, 1.54) is 0 Å². The molecule has 0 spiro atoms. The number of esters is 2. The van der Waals surface area contributed by atoms with Crippen molar-refractivity contribution in [1.29, 1.82) is 0 Å². The van der Waals surface area contributed by atoms with Crippen molar-refractivity contribution in [1.82, 2.24) is 0 Å². The van der Waals surface area contributed by atoms with Crippen LogP contribution in [0.4, 0.5) is 0 Å². The second-order valence-corrected chi connectivity index (χ2v) is 1.62. The minimum Gasteiger partial charge on any atom is -0.462 e. The maximum Gasteiger partial charge on any atom is 0.317 e. The SMILES string of the molecule is O=C1CC(=O)OCCO1.[K]. The number of hydrogen-bond acceptors (Lipinski definition) is 4. The standard InChI is InChI=1S/C5H6O4.K/c6-4-3-5(7)9-2-1-8-4;/h1-3H2;. The Morgan fingerprint density at radius 2 is 1.40 bits per heavy atom. The molecule has 0 aromatic heterocycles. The molecule has 4 nitrogen and oxygen atoms in total. The molecule has 0 aromatic rings. The van der Waals surface area contributed by atoms with Gasteiger partial charge in [-0.2, -0.15) is 0 Å². The molecule has 5 heteroatoms. The number of ether oxygens (including phenoxy) is 2. The summed E-state index contributed by atoms with van der Waals surface area (Å²) in [5, 5.41) is 0. The molecule has 1 rings (SSSR count). The van der Waals surface area contributed by atoms with Crippen molar-refractivity contribution >= 4 is 63.3 Å². The van der Waals surface area contributed by atoms with Gasteiger partial charge >= 0.3 is 11.9 Å². The first-order valence-corrected chi connectivity index (χ1v) is 2.60. The Balaban J connectivity index is 0.000000810. The molecule has 0 bridgehead atoms. The van der Waals surface area contributed by atoms with E-state index in [-0.39, 0.29) is 71.0 Å². The molecule has 0 aromatic carbocycles. The van der Waals surface area contributed by atoms with Crippen LogP contribution in [0.25, 0.3) is 0 Å². The fourth-order valence-electron chi connectivity index (χ4n) is 0.531. The van der Waals surface area contributed by atoms with Gasteiger partial charge in [0.05, 0.1) is 0 Å². The summed E-state index contributed by atoms with van der Waals surface area (Å²) in [5.41, 5.74) is 0. The first kappa shape index (κ1) is 10.6. The summed E-state index contributed by atoms with van der Waals surface area (Å²) >= 11 is 0. The summed E-state index contributed by atoms with van der Waals surface area (Å²) in [6.45, 7) is 0.370. The van der Waals surface area contributed by atoms with E-state index < -0.39 is 11.9 Å². The van der Waals surface area contributed by atoms with Gasteiger partial charge in [-0.25, -0.2) is 0 Å². The molecular weight excluding hydrogens is 163 g/mol. The third kappa shape index (κ3) is 3.67. The normalized spacial score (nSPS) is 18.0. The van der Waals surface area contributed by atoms with Crippen LogP contribution in [0.5, 0.6) is 0 Å². The van der Waals surface area contributed by atoms with E-state index in [4.69, 9.17) is 0 Å². The first-order chi connectivity index (χ1) is 4.29. The molecule has 0 aliphatic carbocycles. The molecule has 1 aliphatic heterocycles. The monoisotopic (exact) mass is 169 g/mol. The van der Waals surface area contributed by atoms with Gasteiger partial charge in [-0.05, 0) is 0 Å². The fourth-order valence-corrected chi connectivity index (χ4v) is 0.531. The first-order valence-electron chi connectivity index (χ1n) is 2.60. The van der Waals surface area contributed by atoms with Gasteiger partial charge in [-0.1, -0.05) is 0 Å². The molecule has 1 radical (unpaired) electrons. The maximum atomic E-state index is 10.4. The van der Waals surface area contributed by atoms with Crippen molar-refractivity contribution in [3.8, 4) is 0 Å². The van der Waals surface area contributed by atoms with E-state index in [2.05, 4.69) is 9.47 Å². The molecule has 0 amide bonds. The van der Waals surface area contributed by atoms with Crippen LogP contribution in [0.3, 0.4) is 0 Å². The average Bonchev–Trinajstić information content (AvgIpc) is 1.93. The zero-order valence-electron chi connectivity index (χ0n) is 5.75. The van der Waals surface area contributed by atoms with Gasteiger partial charge in [0.1, 0.15) is 19.6 Å². The summed E-state index contributed by atoms with van der Waals surface area (Å²) in [5.74, 6) is -1.00. The quantitative estimate of drug-likeness (QED) is 0.268. The summed E-state index contributed by atoms with van der Waals surface area (Å²) in [6, 6.07) is 0. The van der Waals surface area contributed by atoms with Crippen molar-refractivity contribution in [2.75, 3.05) is 13.2 Å². The van der Waals surface area contributed by atoms with E-state index in [0.29, 0.717) is 0 Å². The van der Waals surface area contributed by atoms with Crippen LogP contribution in [0, 0.1) is 0 Å². The molecule has 0 unspecified atom stereocenters. The van der Waals surface area contributed by atoms with E-state index in [9.17, 15) is 9.59 Å². The molecule has 1 fully saturated rings. The Labute approximate surface area is 101 Å². The minimum atomic E-state index is -0.502. The van der Waals surface area contributed by atoms with Crippen LogP contribution in [-0.2, 0) is 19.1 Å². The fraction of sp³-hybridized carbons (Fsp3) is 0.600. The van der Waals surface area contributed by atoms with Crippen molar-refractivity contribution < 1.29 is 19.1 Å². The van der Waals surface area contributed by atoms with Gasteiger partial charge in [-0.15, -0.1) is 0 Å². The molecule has 0 atom stereocenters. The van der Waals surface area contributed by atoms with Crippen LogP contribution in [0.1, 0.15) is 6.42 Å². The molecule has 0 saturated carbocycles. The molecular formula is C5H6KO4. The molecule has 1 aliphatic rings. The summed E-state index contributed by atoms with van der Waals surface area (Å²) in [6.07, 6.45) is -0.250. The third-order valence-corrected chi connectivity index (χ3v) is 0.898. The van der Waals surface area contributed by atoms with Crippen LogP contribution in [-0.4, -0.2) is 76.5 Å². The molecule has 51 valence electrons. The van der Waals surface area contributed by atoms with E-state index in [1.807, 2.05) is 0 Å². The topological polar surface area (TPSA) is 52.6 Å². The molecule has 0 N–H and O–H groups in total. The Kier molecular flexibility index (Phi) is 5.56. The Hall–Kier alpha value is 0.576. The van der Waals surface area contributed by atoms with Gasteiger partial charge in [0, 0.05) is 51.4 Å². The van der Waals surface area contributed by atoms with Gasteiger partial charge in [-0.3, -0.25) is 9.59 Å². The molecule has 10 heavy (non-hydrogen) atoms. The minimum absolute atomic E-state index is 0. The predicted octanol–water partition coefficient (Wildman–Crippen LogP) is -0.904.